The summed E-state index contributed by atoms with van der Waals surface area (Å²) in [5.74, 6) is -0.149. The van der Waals surface area contributed by atoms with Gasteiger partial charge in [0, 0.05) is 0 Å². The van der Waals surface area contributed by atoms with Gasteiger partial charge >= 0.3 is 141 Å². The summed E-state index contributed by atoms with van der Waals surface area (Å²) < 4.78 is 0.172. The Bertz CT molecular complexity index is 750. The number of nitrogens with one attached hydrogen (secondary N) is 2. The van der Waals surface area contributed by atoms with Crippen LogP contribution in [-0.2, 0) is 11.9 Å². The molecule has 4 N–H and O–H groups in total. The van der Waals surface area contributed by atoms with Crippen molar-refractivity contribution in [1.29, 1.82) is 10.7 Å². The molecule has 0 aliphatic rings. The van der Waals surface area contributed by atoms with Crippen molar-refractivity contribution >= 4 is 25.6 Å². The topological polar surface area (TPSA) is 103 Å². The Hall–Kier alpha value is -2.61. The van der Waals surface area contributed by atoms with E-state index in [2.05, 4.69) is 11.4 Å². The predicted octanol–water partition coefficient (Wildman–Crippen LogP) is 1.59. The second-order valence-electron chi connectivity index (χ2n) is 4.80. The Balaban J connectivity index is 2.02. The number of hydrogen-bond acceptors (Lipinski definition) is 3. The van der Waals surface area contributed by atoms with Crippen molar-refractivity contribution in [2.24, 2.45) is 5.73 Å². The molecule has 0 atom stereocenters. The number of carbonyl (C=O) groups is 1. The SMILES string of the molecule is N#Cc1ccc(CNC(=O)c2ccccc2C[Se]C(=N)N)cc1. The first-order valence-electron chi connectivity index (χ1n) is 6.92. The van der Waals surface area contributed by atoms with E-state index in [0.29, 0.717) is 23.0 Å². The molecule has 5 nitrogen and oxygen atoms in total. The number of nitrogens with zero attached hydrogens (tertiary/aromatic N) is 1. The molecule has 2 rings (SSSR count). The fourth-order valence-corrected chi connectivity index (χ4v) is 3.18. The standard InChI is InChI=1S/C17H16N4OSe/c18-9-12-5-7-13(8-6-12)10-21-16(22)15-4-2-1-3-14(15)11-23-17(19)20/h1-8H,10-11H2,(H3,19,20)(H,21,22). The van der Waals surface area contributed by atoms with Crippen molar-refractivity contribution in [2.75, 3.05) is 0 Å². The molecule has 0 aliphatic carbocycles. The van der Waals surface area contributed by atoms with Gasteiger partial charge in [-0.15, -0.1) is 0 Å². The van der Waals surface area contributed by atoms with Crippen LogP contribution in [0.1, 0.15) is 27.0 Å². The summed E-state index contributed by atoms with van der Waals surface area (Å²) in [4.78, 5) is 12.4. The van der Waals surface area contributed by atoms with Crippen LogP contribution in [0.4, 0.5) is 0 Å². The van der Waals surface area contributed by atoms with Gasteiger partial charge < -0.3 is 0 Å². The maximum absolute atomic E-state index is 12.4. The van der Waals surface area contributed by atoms with Crippen molar-refractivity contribution in [1.82, 2.24) is 5.32 Å². The number of benzene rings is 2. The molecule has 0 aromatic heterocycles. The molecule has 2 aromatic carbocycles. The Morgan fingerprint density at radius 1 is 1.22 bits per heavy atom. The first-order chi connectivity index (χ1) is 11.1. The van der Waals surface area contributed by atoms with Crippen molar-refractivity contribution in [3.05, 3.63) is 70.8 Å². The summed E-state index contributed by atoms with van der Waals surface area (Å²) >= 11 is -0.135. The van der Waals surface area contributed by atoms with Gasteiger partial charge in [0.2, 0.25) is 0 Å². The molecule has 0 radical (unpaired) electrons. The molecule has 23 heavy (non-hydrogen) atoms. The molecule has 6 heteroatoms. The van der Waals surface area contributed by atoms with Crippen LogP contribution in [0.3, 0.4) is 0 Å². The first kappa shape index (κ1) is 16.8. The van der Waals surface area contributed by atoms with Gasteiger partial charge in [0.1, 0.15) is 0 Å². The Morgan fingerprint density at radius 3 is 2.57 bits per heavy atom. The first-order valence-corrected chi connectivity index (χ1v) is 8.99. The quantitative estimate of drug-likeness (QED) is 0.408. The normalized spacial score (nSPS) is 9.87. The van der Waals surface area contributed by atoms with Gasteiger partial charge in [0.15, 0.2) is 0 Å². The number of amidine groups is 1. The van der Waals surface area contributed by atoms with Crippen LogP contribution >= 0.6 is 0 Å². The average molecular weight is 371 g/mol. The van der Waals surface area contributed by atoms with Crippen LogP contribution in [0.25, 0.3) is 0 Å². The molecule has 0 heterocycles. The van der Waals surface area contributed by atoms with E-state index in [1.54, 1.807) is 18.2 Å². The van der Waals surface area contributed by atoms with Gasteiger partial charge in [-0.25, -0.2) is 0 Å². The Morgan fingerprint density at radius 2 is 1.91 bits per heavy atom. The van der Waals surface area contributed by atoms with Crippen molar-refractivity contribution in [2.45, 2.75) is 11.9 Å². The fraction of sp³-hybridized carbons (Fsp3) is 0.118. The molecule has 116 valence electrons. The molecule has 2 aromatic rings. The van der Waals surface area contributed by atoms with E-state index < -0.39 is 0 Å². The third kappa shape index (κ3) is 4.96. The number of carbonyl (C=O) groups excluding carboxylic acids is 1. The molecule has 0 saturated heterocycles. The number of amides is 1. The summed E-state index contributed by atoms with van der Waals surface area (Å²) in [6, 6.07) is 16.5. The van der Waals surface area contributed by atoms with E-state index in [4.69, 9.17) is 16.4 Å². The molecular formula is C17H16N4OSe. The van der Waals surface area contributed by atoms with E-state index >= 15 is 0 Å². The van der Waals surface area contributed by atoms with Gasteiger partial charge in [-0.1, -0.05) is 0 Å². The molecule has 0 saturated carbocycles. The van der Waals surface area contributed by atoms with Gasteiger partial charge in [0.05, 0.1) is 0 Å². The van der Waals surface area contributed by atoms with Crippen LogP contribution in [0.2, 0.25) is 0 Å². The maximum atomic E-state index is 12.4. The minimum atomic E-state index is -0.149. The van der Waals surface area contributed by atoms with Gasteiger partial charge in [-0.2, -0.15) is 0 Å². The molecule has 0 spiro atoms. The average Bonchev–Trinajstić information content (AvgIpc) is 2.58. The van der Waals surface area contributed by atoms with E-state index in [9.17, 15) is 4.79 Å². The Labute approximate surface area is 141 Å². The van der Waals surface area contributed by atoms with Crippen LogP contribution < -0.4 is 11.1 Å². The van der Waals surface area contributed by atoms with Crippen LogP contribution in [0, 0.1) is 16.7 Å². The van der Waals surface area contributed by atoms with E-state index in [-0.39, 0.29) is 25.6 Å². The van der Waals surface area contributed by atoms with Crippen LogP contribution in [0.15, 0.2) is 48.5 Å². The van der Waals surface area contributed by atoms with Gasteiger partial charge in [-0.05, 0) is 0 Å². The van der Waals surface area contributed by atoms with E-state index in [1.807, 2.05) is 30.3 Å². The van der Waals surface area contributed by atoms with Gasteiger partial charge in [-0.3, -0.25) is 0 Å². The van der Waals surface area contributed by atoms with Crippen molar-refractivity contribution in [3.8, 4) is 6.07 Å². The molecule has 0 aliphatic heterocycles. The van der Waals surface area contributed by atoms with Crippen molar-refractivity contribution in [3.63, 3.8) is 0 Å². The second-order valence-corrected chi connectivity index (χ2v) is 6.94. The fourth-order valence-electron chi connectivity index (χ4n) is 2.00. The second kappa shape index (κ2) is 8.14. The monoisotopic (exact) mass is 372 g/mol. The summed E-state index contributed by atoms with van der Waals surface area (Å²) in [6.07, 6.45) is 0. The van der Waals surface area contributed by atoms with E-state index in [0.717, 1.165) is 11.1 Å². The summed E-state index contributed by atoms with van der Waals surface area (Å²) in [5, 5.41) is 19.6. The number of nitrogens with two attached hydrogens (primary N) is 1. The molecule has 0 bridgehead atoms. The number of rotatable bonds is 6. The van der Waals surface area contributed by atoms with Crippen LogP contribution in [0.5, 0.6) is 0 Å². The molecule has 0 fully saturated rings. The molecule has 0 unspecified atom stereocenters. The zero-order valence-electron chi connectivity index (χ0n) is 12.4. The minimum absolute atomic E-state index is 0.135. The Kier molecular flexibility index (Phi) is 5.93. The zero-order valence-corrected chi connectivity index (χ0v) is 14.1. The van der Waals surface area contributed by atoms with Gasteiger partial charge in [0.25, 0.3) is 0 Å². The summed E-state index contributed by atoms with van der Waals surface area (Å²) in [5.41, 5.74) is 8.46. The third-order valence-corrected chi connectivity index (χ3v) is 4.79. The molecular weight excluding hydrogens is 355 g/mol. The third-order valence-electron chi connectivity index (χ3n) is 3.18. The predicted molar refractivity (Wildman–Crippen MR) is 90.1 cm³/mol. The number of hydrogen-bond donors (Lipinski definition) is 3. The molecule has 1 amide bonds. The summed E-state index contributed by atoms with van der Waals surface area (Å²) in [7, 11) is 0. The zero-order chi connectivity index (χ0) is 16.7. The summed E-state index contributed by atoms with van der Waals surface area (Å²) in [6.45, 7) is 0.400. The number of nitriles is 1. The van der Waals surface area contributed by atoms with Crippen molar-refractivity contribution < 1.29 is 4.79 Å². The van der Waals surface area contributed by atoms with E-state index in [1.165, 1.54) is 0 Å². The van der Waals surface area contributed by atoms with Crippen LogP contribution in [-0.4, -0.2) is 25.6 Å².